The molecule has 0 spiro atoms. The molecular weight excluding hydrogens is 344 g/mol. The zero-order valence-electron chi connectivity index (χ0n) is 16.0. The maximum absolute atomic E-state index is 12.0. The van der Waals surface area contributed by atoms with Crippen LogP contribution in [0.5, 0.6) is 0 Å². The number of nitrogens with one attached hydrogen (secondary N) is 2. The molecule has 0 heterocycles. The molecular formula is C17H35ClN4O3. The van der Waals surface area contributed by atoms with Crippen LogP contribution >= 0.6 is 12.4 Å². The monoisotopic (exact) mass is 378 g/mol. The van der Waals surface area contributed by atoms with Gasteiger partial charge in [-0.1, -0.05) is 59.8 Å². The summed E-state index contributed by atoms with van der Waals surface area (Å²) in [6.07, 6.45) is 6.84. The lowest BCUT2D eigenvalue weighted by molar-refractivity contribution is -0.146. The summed E-state index contributed by atoms with van der Waals surface area (Å²) in [4.78, 5) is 35.7. The maximum Gasteiger partial charge on any atom is 0.255 e. The Kier molecular flexibility index (Phi) is 14.4. The summed E-state index contributed by atoms with van der Waals surface area (Å²) < 4.78 is 0. The van der Waals surface area contributed by atoms with Crippen LogP contribution in [-0.4, -0.2) is 42.4 Å². The van der Waals surface area contributed by atoms with Crippen LogP contribution in [0.1, 0.15) is 66.2 Å². The van der Waals surface area contributed by atoms with E-state index < -0.39 is 11.3 Å². The molecule has 0 radical (unpaired) electrons. The number of hydrogen-bond donors (Lipinski definition) is 3. The minimum Gasteiger partial charge on any atom is -0.354 e. The maximum atomic E-state index is 12.0. The molecule has 0 aromatic rings. The molecule has 3 amide bonds. The van der Waals surface area contributed by atoms with E-state index in [1.54, 1.807) is 20.8 Å². The van der Waals surface area contributed by atoms with Crippen LogP contribution in [0.25, 0.3) is 0 Å². The predicted octanol–water partition coefficient (Wildman–Crippen LogP) is 1.75. The van der Waals surface area contributed by atoms with Gasteiger partial charge in [-0.2, -0.15) is 0 Å². The molecule has 0 aliphatic heterocycles. The third-order valence-corrected chi connectivity index (χ3v) is 3.55. The molecule has 4 N–H and O–H groups in total. The zero-order valence-corrected chi connectivity index (χ0v) is 16.8. The number of hydrogen-bond acceptors (Lipinski definition) is 4. The molecule has 0 saturated heterocycles. The summed E-state index contributed by atoms with van der Waals surface area (Å²) in [5.41, 5.74) is 7.14. The molecule has 8 heteroatoms. The van der Waals surface area contributed by atoms with E-state index >= 15 is 0 Å². The SMILES string of the molecule is CCCCCCCCNC(=O)CN(NC(=O)C(C)(C)C)C(=O)CN.Cl. The fourth-order valence-corrected chi connectivity index (χ4v) is 1.92. The molecule has 0 aliphatic rings. The van der Waals surface area contributed by atoms with Gasteiger partial charge in [-0.3, -0.25) is 19.8 Å². The van der Waals surface area contributed by atoms with Crippen molar-refractivity contribution in [3.8, 4) is 0 Å². The first kappa shape index (κ1) is 25.9. The highest BCUT2D eigenvalue weighted by Gasteiger charge is 2.26. The highest BCUT2D eigenvalue weighted by atomic mass is 35.5. The Morgan fingerprint density at radius 1 is 1.00 bits per heavy atom. The number of hydrazine groups is 1. The number of carbonyl (C=O) groups is 3. The molecule has 0 rings (SSSR count). The summed E-state index contributed by atoms with van der Waals surface area (Å²) >= 11 is 0. The molecule has 148 valence electrons. The average Bonchev–Trinajstić information content (AvgIpc) is 2.51. The second-order valence-electron chi connectivity index (χ2n) is 6.99. The van der Waals surface area contributed by atoms with Gasteiger partial charge in [0.2, 0.25) is 11.8 Å². The first-order valence-corrected chi connectivity index (χ1v) is 8.80. The third-order valence-electron chi connectivity index (χ3n) is 3.55. The topological polar surface area (TPSA) is 105 Å². The smallest absolute Gasteiger partial charge is 0.255 e. The molecule has 25 heavy (non-hydrogen) atoms. The van der Waals surface area contributed by atoms with Gasteiger partial charge in [-0.15, -0.1) is 12.4 Å². The number of amides is 3. The van der Waals surface area contributed by atoms with Crippen molar-refractivity contribution >= 4 is 30.1 Å². The predicted molar refractivity (Wildman–Crippen MR) is 102 cm³/mol. The van der Waals surface area contributed by atoms with Crippen molar-refractivity contribution in [3.63, 3.8) is 0 Å². The van der Waals surface area contributed by atoms with E-state index in [0.717, 1.165) is 17.9 Å². The van der Waals surface area contributed by atoms with Crippen LogP contribution in [0.4, 0.5) is 0 Å². The van der Waals surface area contributed by atoms with Crippen LogP contribution in [0, 0.1) is 5.41 Å². The Morgan fingerprint density at radius 2 is 1.56 bits per heavy atom. The van der Waals surface area contributed by atoms with Crippen molar-refractivity contribution in [1.29, 1.82) is 0 Å². The van der Waals surface area contributed by atoms with Crippen molar-refractivity contribution in [2.75, 3.05) is 19.6 Å². The molecule has 0 atom stereocenters. The van der Waals surface area contributed by atoms with Gasteiger partial charge in [-0.25, -0.2) is 5.01 Å². The van der Waals surface area contributed by atoms with Gasteiger partial charge >= 0.3 is 0 Å². The zero-order chi connectivity index (χ0) is 18.6. The quantitative estimate of drug-likeness (QED) is 0.398. The van der Waals surface area contributed by atoms with Gasteiger partial charge in [0.15, 0.2) is 0 Å². The van der Waals surface area contributed by atoms with E-state index in [4.69, 9.17) is 5.73 Å². The summed E-state index contributed by atoms with van der Waals surface area (Å²) in [6.45, 7) is 7.43. The highest BCUT2D eigenvalue weighted by molar-refractivity contribution is 5.89. The Hall–Kier alpha value is -1.34. The summed E-state index contributed by atoms with van der Waals surface area (Å²) in [6, 6.07) is 0. The number of rotatable bonds is 10. The van der Waals surface area contributed by atoms with Crippen LogP contribution in [-0.2, 0) is 14.4 Å². The molecule has 0 aliphatic carbocycles. The van der Waals surface area contributed by atoms with Gasteiger partial charge in [0, 0.05) is 12.0 Å². The van der Waals surface area contributed by atoms with Gasteiger partial charge in [-0.05, 0) is 6.42 Å². The average molecular weight is 379 g/mol. The Bertz CT molecular complexity index is 411. The fraction of sp³-hybridized carbons (Fsp3) is 0.824. The van der Waals surface area contributed by atoms with Crippen molar-refractivity contribution in [3.05, 3.63) is 0 Å². The van der Waals surface area contributed by atoms with Crippen molar-refractivity contribution in [2.24, 2.45) is 11.1 Å². The minimum atomic E-state index is -0.665. The van der Waals surface area contributed by atoms with Gasteiger partial charge in [0.05, 0.1) is 6.54 Å². The lowest BCUT2D eigenvalue weighted by Crippen LogP contribution is -2.54. The molecule has 0 bridgehead atoms. The second kappa shape index (κ2) is 13.9. The fourth-order valence-electron chi connectivity index (χ4n) is 1.92. The number of carbonyl (C=O) groups excluding carboxylic acids is 3. The first-order chi connectivity index (χ1) is 11.2. The molecule has 0 saturated carbocycles. The molecule has 0 aromatic heterocycles. The lowest BCUT2D eigenvalue weighted by Gasteiger charge is -2.26. The van der Waals surface area contributed by atoms with Crippen LogP contribution in [0.2, 0.25) is 0 Å². The highest BCUT2D eigenvalue weighted by Crippen LogP contribution is 2.12. The Labute approximate surface area is 157 Å². The van der Waals surface area contributed by atoms with E-state index in [2.05, 4.69) is 17.7 Å². The number of nitrogens with zero attached hydrogens (tertiary/aromatic N) is 1. The summed E-state index contributed by atoms with van der Waals surface area (Å²) in [7, 11) is 0. The lowest BCUT2D eigenvalue weighted by atomic mass is 9.96. The van der Waals surface area contributed by atoms with Crippen molar-refractivity contribution in [1.82, 2.24) is 15.8 Å². The van der Waals surface area contributed by atoms with Gasteiger partial charge < -0.3 is 11.1 Å². The van der Waals surface area contributed by atoms with Crippen LogP contribution in [0.15, 0.2) is 0 Å². The van der Waals surface area contributed by atoms with Crippen LogP contribution < -0.4 is 16.5 Å². The third kappa shape index (κ3) is 12.6. The second-order valence-corrected chi connectivity index (χ2v) is 6.99. The first-order valence-electron chi connectivity index (χ1n) is 8.80. The Morgan fingerprint density at radius 3 is 2.08 bits per heavy atom. The van der Waals surface area contributed by atoms with E-state index in [9.17, 15) is 14.4 Å². The van der Waals surface area contributed by atoms with E-state index in [0.29, 0.717) is 6.54 Å². The van der Waals surface area contributed by atoms with E-state index in [1.165, 1.54) is 25.7 Å². The molecule has 7 nitrogen and oxygen atoms in total. The minimum absolute atomic E-state index is 0. The van der Waals surface area contributed by atoms with Gasteiger partial charge in [0.1, 0.15) is 6.54 Å². The number of halogens is 1. The largest absolute Gasteiger partial charge is 0.354 e. The van der Waals surface area contributed by atoms with Crippen molar-refractivity contribution < 1.29 is 14.4 Å². The standard InChI is InChI=1S/C17H34N4O3.ClH/c1-5-6-7-8-9-10-11-19-14(22)13-21(15(23)12-18)20-16(24)17(2,3)4;/h5-13,18H2,1-4H3,(H,19,22)(H,20,24);1H. The normalized spacial score (nSPS) is 10.6. The molecule has 0 aromatic carbocycles. The van der Waals surface area contributed by atoms with Gasteiger partial charge in [0.25, 0.3) is 5.91 Å². The summed E-state index contributed by atoms with van der Waals surface area (Å²) in [5.74, 6) is -1.14. The Balaban J connectivity index is 0. The number of nitrogens with two attached hydrogens (primary N) is 1. The van der Waals surface area contributed by atoms with E-state index in [-0.39, 0.29) is 37.3 Å². The molecule has 0 fully saturated rings. The molecule has 0 unspecified atom stereocenters. The van der Waals surface area contributed by atoms with Crippen LogP contribution in [0.3, 0.4) is 0 Å². The summed E-state index contributed by atoms with van der Waals surface area (Å²) in [5, 5.41) is 3.76. The van der Waals surface area contributed by atoms with Crippen molar-refractivity contribution in [2.45, 2.75) is 66.2 Å². The number of unbranched alkanes of at least 4 members (excludes halogenated alkanes) is 5. The van der Waals surface area contributed by atoms with E-state index in [1.807, 2.05) is 0 Å².